The van der Waals surface area contributed by atoms with Crippen LogP contribution in [-0.2, 0) is 0 Å². The molecule has 0 unspecified atom stereocenters. The Morgan fingerprint density at radius 3 is 2.46 bits per heavy atom. The Bertz CT molecular complexity index is 879. The molecule has 0 fully saturated rings. The molecule has 6 heteroatoms. The number of aromatic nitrogens is 2. The summed E-state index contributed by atoms with van der Waals surface area (Å²) in [5, 5.41) is 6.69. The normalized spacial score (nSPS) is 10.4. The van der Waals surface area contributed by atoms with Gasteiger partial charge in [-0.05, 0) is 48.9 Å². The molecule has 0 spiro atoms. The lowest BCUT2D eigenvalue weighted by Gasteiger charge is -2.08. The van der Waals surface area contributed by atoms with Crippen LogP contribution in [0.3, 0.4) is 0 Å². The third kappa shape index (κ3) is 4.58. The molecule has 1 heterocycles. The van der Waals surface area contributed by atoms with Gasteiger partial charge in [-0.1, -0.05) is 30.7 Å². The van der Waals surface area contributed by atoms with Crippen molar-refractivity contribution in [1.82, 2.24) is 15.3 Å². The molecule has 0 aliphatic rings. The van der Waals surface area contributed by atoms with E-state index in [2.05, 4.69) is 20.6 Å². The van der Waals surface area contributed by atoms with E-state index in [0.29, 0.717) is 23.1 Å². The molecule has 0 aliphatic carbocycles. The molecule has 0 atom stereocenters. The Balaban J connectivity index is 1.72. The minimum Gasteiger partial charge on any atom is -0.352 e. The van der Waals surface area contributed by atoms with E-state index in [1.54, 1.807) is 18.3 Å². The maximum atomic E-state index is 11.9. The predicted molar refractivity (Wildman–Crippen MR) is 105 cm³/mol. The van der Waals surface area contributed by atoms with Crippen molar-refractivity contribution in [2.45, 2.75) is 13.3 Å². The Morgan fingerprint density at radius 1 is 1.04 bits per heavy atom. The second-order valence-electron chi connectivity index (χ2n) is 5.73. The third-order valence-electron chi connectivity index (χ3n) is 3.73. The standard InChI is InChI=1S/C20H19ClN4O/c1-2-12-22-19(26)15-5-9-17(10-6-15)24-20-23-13-11-18(25-20)14-3-7-16(21)8-4-14/h3-11,13H,2,12H2,1H3,(H,22,26)(H,23,24,25). The summed E-state index contributed by atoms with van der Waals surface area (Å²) in [5.41, 5.74) is 3.20. The number of carbonyl (C=O) groups excluding carboxylic acids is 1. The molecule has 26 heavy (non-hydrogen) atoms. The number of halogens is 1. The fraction of sp³-hybridized carbons (Fsp3) is 0.150. The van der Waals surface area contributed by atoms with Crippen molar-refractivity contribution < 1.29 is 4.79 Å². The molecule has 2 aromatic carbocycles. The third-order valence-corrected chi connectivity index (χ3v) is 3.99. The predicted octanol–water partition coefficient (Wildman–Crippen LogP) is 4.68. The molecule has 132 valence electrons. The smallest absolute Gasteiger partial charge is 0.251 e. The number of hydrogen-bond acceptors (Lipinski definition) is 4. The Hall–Kier alpha value is -2.92. The highest BCUT2D eigenvalue weighted by molar-refractivity contribution is 6.30. The minimum absolute atomic E-state index is 0.0700. The van der Waals surface area contributed by atoms with E-state index in [1.807, 2.05) is 49.4 Å². The topological polar surface area (TPSA) is 66.9 Å². The molecular formula is C20H19ClN4O. The van der Waals surface area contributed by atoms with Gasteiger partial charge in [0.15, 0.2) is 0 Å². The van der Waals surface area contributed by atoms with Crippen LogP contribution in [0.15, 0.2) is 60.8 Å². The summed E-state index contributed by atoms with van der Waals surface area (Å²) in [6.07, 6.45) is 2.61. The zero-order valence-corrected chi connectivity index (χ0v) is 15.1. The van der Waals surface area contributed by atoms with Gasteiger partial charge in [0.25, 0.3) is 5.91 Å². The fourth-order valence-electron chi connectivity index (χ4n) is 2.37. The molecule has 0 radical (unpaired) electrons. The van der Waals surface area contributed by atoms with Crippen LogP contribution < -0.4 is 10.6 Å². The van der Waals surface area contributed by atoms with Gasteiger partial charge in [0.05, 0.1) is 5.69 Å². The molecule has 1 aromatic heterocycles. The largest absolute Gasteiger partial charge is 0.352 e. The number of benzene rings is 2. The summed E-state index contributed by atoms with van der Waals surface area (Å²) in [4.78, 5) is 20.7. The van der Waals surface area contributed by atoms with Crippen LogP contribution in [0.4, 0.5) is 11.6 Å². The van der Waals surface area contributed by atoms with E-state index in [9.17, 15) is 4.79 Å². The Labute approximate surface area is 157 Å². The maximum Gasteiger partial charge on any atom is 0.251 e. The van der Waals surface area contributed by atoms with Crippen molar-refractivity contribution in [2.75, 3.05) is 11.9 Å². The Kier molecular flexibility index (Phi) is 5.81. The molecule has 0 bridgehead atoms. The lowest BCUT2D eigenvalue weighted by atomic mass is 10.1. The van der Waals surface area contributed by atoms with Crippen LogP contribution in [0.2, 0.25) is 5.02 Å². The van der Waals surface area contributed by atoms with Crippen LogP contribution in [0.1, 0.15) is 23.7 Å². The second-order valence-corrected chi connectivity index (χ2v) is 6.17. The zero-order chi connectivity index (χ0) is 18.4. The second kappa shape index (κ2) is 8.45. The summed E-state index contributed by atoms with van der Waals surface area (Å²) >= 11 is 5.93. The van der Waals surface area contributed by atoms with Gasteiger partial charge in [-0.2, -0.15) is 0 Å². The monoisotopic (exact) mass is 366 g/mol. The average molecular weight is 367 g/mol. The van der Waals surface area contributed by atoms with Crippen molar-refractivity contribution in [3.63, 3.8) is 0 Å². The lowest BCUT2D eigenvalue weighted by molar-refractivity contribution is 0.0953. The van der Waals surface area contributed by atoms with Gasteiger partial charge >= 0.3 is 0 Å². The van der Waals surface area contributed by atoms with Gasteiger partial charge in [0.1, 0.15) is 0 Å². The van der Waals surface area contributed by atoms with E-state index in [4.69, 9.17) is 11.6 Å². The van der Waals surface area contributed by atoms with Crippen molar-refractivity contribution in [3.8, 4) is 11.3 Å². The molecule has 3 rings (SSSR count). The zero-order valence-electron chi connectivity index (χ0n) is 14.4. The summed E-state index contributed by atoms with van der Waals surface area (Å²) in [6.45, 7) is 2.69. The summed E-state index contributed by atoms with van der Waals surface area (Å²) in [7, 11) is 0. The molecule has 0 saturated heterocycles. The van der Waals surface area contributed by atoms with E-state index >= 15 is 0 Å². The molecule has 1 amide bonds. The van der Waals surface area contributed by atoms with Crippen molar-refractivity contribution in [1.29, 1.82) is 0 Å². The summed E-state index contributed by atoms with van der Waals surface area (Å²) in [5.74, 6) is 0.417. The van der Waals surface area contributed by atoms with Gasteiger partial charge in [-0.25, -0.2) is 9.97 Å². The van der Waals surface area contributed by atoms with Crippen molar-refractivity contribution in [3.05, 3.63) is 71.4 Å². The van der Waals surface area contributed by atoms with Crippen LogP contribution in [0.5, 0.6) is 0 Å². The lowest BCUT2D eigenvalue weighted by Crippen LogP contribution is -2.23. The number of nitrogens with zero attached hydrogens (tertiary/aromatic N) is 2. The minimum atomic E-state index is -0.0700. The van der Waals surface area contributed by atoms with Crippen LogP contribution in [0, 0.1) is 0 Å². The number of hydrogen-bond donors (Lipinski definition) is 2. The molecule has 0 saturated carbocycles. The quantitative estimate of drug-likeness (QED) is 0.664. The summed E-state index contributed by atoms with van der Waals surface area (Å²) < 4.78 is 0. The first-order valence-electron chi connectivity index (χ1n) is 8.40. The maximum absolute atomic E-state index is 11.9. The number of carbonyl (C=O) groups is 1. The van der Waals surface area contributed by atoms with E-state index < -0.39 is 0 Å². The van der Waals surface area contributed by atoms with Gasteiger partial charge in [0.2, 0.25) is 5.95 Å². The van der Waals surface area contributed by atoms with E-state index in [0.717, 1.165) is 23.4 Å². The Morgan fingerprint density at radius 2 is 1.77 bits per heavy atom. The number of rotatable bonds is 6. The van der Waals surface area contributed by atoms with E-state index in [1.165, 1.54) is 0 Å². The summed E-state index contributed by atoms with van der Waals surface area (Å²) in [6, 6.07) is 16.5. The first-order valence-corrected chi connectivity index (χ1v) is 8.78. The van der Waals surface area contributed by atoms with Gasteiger partial charge in [-0.15, -0.1) is 0 Å². The average Bonchev–Trinajstić information content (AvgIpc) is 2.67. The number of amides is 1. The molecule has 2 N–H and O–H groups in total. The van der Waals surface area contributed by atoms with E-state index in [-0.39, 0.29) is 5.91 Å². The van der Waals surface area contributed by atoms with Crippen LogP contribution in [0.25, 0.3) is 11.3 Å². The number of anilines is 2. The first kappa shape index (κ1) is 17.9. The first-order chi connectivity index (χ1) is 12.7. The van der Waals surface area contributed by atoms with Gasteiger partial charge < -0.3 is 10.6 Å². The van der Waals surface area contributed by atoms with Gasteiger partial charge in [-0.3, -0.25) is 4.79 Å². The highest BCUT2D eigenvalue weighted by atomic mass is 35.5. The SMILES string of the molecule is CCCNC(=O)c1ccc(Nc2nccc(-c3ccc(Cl)cc3)n2)cc1. The number of nitrogens with one attached hydrogen (secondary N) is 2. The molecular weight excluding hydrogens is 348 g/mol. The molecule has 0 aliphatic heterocycles. The highest BCUT2D eigenvalue weighted by Crippen LogP contribution is 2.21. The van der Waals surface area contributed by atoms with Crippen molar-refractivity contribution >= 4 is 29.1 Å². The molecule has 5 nitrogen and oxygen atoms in total. The van der Waals surface area contributed by atoms with Crippen LogP contribution >= 0.6 is 11.6 Å². The van der Waals surface area contributed by atoms with Crippen molar-refractivity contribution in [2.24, 2.45) is 0 Å². The fourth-order valence-corrected chi connectivity index (χ4v) is 2.50. The highest BCUT2D eigenvalue weighted by Gasteiger charge is 2.06. The van der Waals surface area contributed by atoms with Gasteiger partial charge in [0, 0.05) is 34.6 Å². The van der Waals surface area contributed by atoms with Crippen LogP contribution in [-0.4, -0.2) is 22.4 Å². The molecule has 3 aromatic rings.